The highest BCUT2D eigenvalue weighted by molar-refractivity contribution is 5.93. The standard InChI is InChI=1S/C28H31N3O2/c1-21(2)30-27(33)28(16-8-18-31(20-28)26(32)25-11-6-7-17-29-25)19-22-12-14-24(15-13-22)23-9-4-3-5-10-23/h3-7,9-15,17,21H,8,16,18-20H2,1-2H3,(H,30,33)/t28-/m0/s1. The topological polar surface area (TPSA) is 62.3 Å². The van der Waals surface area contributed by atoms with Gasteiger partial charge in [0.2, 0.25) is 5.91 Å². The molecule has 1 aliphatic heterocycles. The Morgan fingerprint density at radius 2 is 1.67 bits per heavy atom. The zero-order chi connectivity index (χ0) is 23.3. The van der Waals surface area contributed by atoms with Crippen molar-refractivity contribution in [2.24, 2.45) is 5.41 Å². The smallest absolute Gasteiger partial charge is 0.272 e. The molecule has 1 aliphatic rings. The van der Waals surface area contributed by atoms with Gasteiger partial charge in [-0.25, -0.2) is 0 Å². The van der Waals surface area contributed by atoms with Gasteiger partial charge in [0.25, 0.3) is 5.91 Å². The van der Waals surface area contributed by atoms with Crippen molar-refractivity contribution >= 4 is 11.8 Å². The van der Waals surface area contributed by atoms with Crippen LogP contribution in [0.2, 0.25) is 0 Å². The van der Waals surface area contributed by atoms with E-state index in [1.165, 1.54) is 5.56 Å². The first-order valence-electron chi connectivity index (χ1n) is 11.6. The van der Waals surface area contributed by atoms with Crippen LogP contribution in [0, 0.1) is 5.41 Å². The normalized spacial score (nSPS) is 18.2. The highest BCUT2D eigenvalue weighted by Crippen LogP contribution is 2.35. The van der Waals surface area contributed by atoms with Crippen molar-refractivity contribution in [1.29, 1.82) is 0 Å². The molecule has 1 saturated heterocycles. The van der Waals surface area contributed by atoms with E-state index < -0.39 is 5.41 Å². The van der Waals surface area contributed by atoms with Crippen LogP contribution >= 0.6 is 0 Å². The highest BCUT2D eigenvalue weighted by Gasteiger charge is 2.44. The van der Waals surface area contributed by atoms with Crippen LogP contribution in [0.5, 0.6) is 0 Å². The Balaban J connectivity index is 1.59. The van der Waals surface area contributed by atoms with E-state index in [4.69, 9.17) is 0 Å². The average Bonchev–Trinajstić information content (AvgIpc) is 2.85. The Bertz CT molecular complexity index is 1080. The Kier molecular flexibility index (Phi) is 6.87. The summed E-state index contributed by atoms with van der Waals surface area (Å²) in [5.74, 6) is -0.0976. The van der Waals surface area contributed by atoms with Crippen LogP contribution < -0.4 is 5.32 Å². The second-order valence-corrected chi connectivity index (χ2v) is 9.19. The predicted molar refractivity (Wildman–Crippen MR) is 131 cm³/mol. The number of rotatable bonds is 6. The van der Waals surface area contributed by atoms with E-state index >= 15 is 0 Å². The molecular formula is C28H31N3O2. The number of hydrogen-bond donors (Lipinski definition) is 1. The van der Waals surface area contributed by atoms with Crippen LogP contribution in [0.25, 0.3) is 11.1 Å². The molecule has 5 nitrogen and oxygen atoms in total. The van der Waals surface area contributed by atoms with Gasteiger partial charge in [-0.2, -0.15) is 0 Å². The Labute approximate surface area is 195 Å². The molecule has 0 aliphatic carbocycles. The largest absolute Gasteiger partial charge is 0.353 e. The van der Waals surface area contributed by atoms with Gasteiger partial charge in [0.05, 0.1) is 5.41 Å². The number of hydrogen-bond acceptors (Lipinski definition) is 3. The van der Waals surface area contributed by atoms with E-state index in [1.54, 1.807) is 23.2 Å². The number of amides is 2. The van der Waals surface area contributed by atoms with E-state index in [9.17, 15) is 9.59 Å². The molecule has 2 amide bonds. The van der Waals surface area contributed by atoms with Gasteiger partial charge in [-0.1, -0.05) is 60.7 Å². The lowest BCUT2D eigenvalue weighted by atomic mass is 9.74. The zero-order valence-electron chi connectivity index (χ0n) is 19.3. The summed E-state index contributed by atoms with van der Waals surface area (Å²) in [4.78, 5) is 32.6. The van der Waals surface area contributed by atoms with Crippen LogP contribution in [0.15, 0.2) is 79.0 Å². The van der Waals surface area contributed by atoms with Gasteiger partial charge in [-0.15, -0.1) is 0 Å². The van der Waals surface area contributed by atoms with Crippen molar-refractivity contribution in [3.8, 4) is 11.1 Å². The molecule has 0 radical (unpaired) electrons. The number of aromatic nitrogens is 1. The first kappa shape index (κ1) is 22.7. The van der Waals surface area contributed by atoms with Gasteiger partial charge in [0.1, 0.15) is 5.69 Å². The molecule has 5 heteroatoms. The van der Waals surface area contributed by atoms with E-state index in [2.05, 4.69) is 46.7 Å². The van der Waals surface area contributed by atoms with Crippen molar-refractivity contribution < 1.29 is 9.59 Å². The summed E-state index contributed by atoms with van der Waals surface area (Å²) >= 11 is 0. The lowest BCUT2D eigenvalue weighted by molar-refractivity contribution is -0.134. The van der Waals surface area contributed by atoms with Crippen molar-refractivity contribution in [3.05, 3.63) is 90.3 Å². The number of carbonyl (C=O) groups is 2. The third-order valence-electron chi connectivity index (χ3n) is 6.25. The molecule has 4 rings (SSSR count). The van der Waals surface area contributed by atoms with Crippen molar-refractivity contribution in [1.82, 2.24) is 15.2 Å². The summed E-state index contributed by atoms with van der Waals surface area (Å²) in [6.07, 6.45) is 3.75. The molecule has 2 aromatic carbocycles. The van der Waals surface area contributed by atoms with Crippen molar-refractivity contribution in [2.45, 2.75) is 39.2 Å². The molecule has 2 heterocycles. The fraction of sp³-hybridized carbons (Fsp3) is 0.321. The van der Waals surface area contributed by atoms with Crippen molar-refractivity contribution in [3.63, 3.8) is 0 Å². The number of likely N-dealkylation sites (tertiary alicyclic amines) is 1. The van der Waals surface area contributed by atoms with Crippen LogP contribution in [0.4, 0.5) is 0 Å². The third-order valence-corrected chi connectivity index (χ3v) is 6.25. The van der Waals surface area contributed by atoms with Crippen molar-refractivity contribution in [2.75, 3.05) is 13.1 Å². The Morgan fingerprint density at radius 3 is 2.33 bits per heavy atom. The molecule has 0 unspecified atom stereocenters. The molecule has 33 heavy (non-hydrogen) atoms. The quantitative estimate of drug-likeness (QED) is 0.601. The first-order chi connectivity index (χ1) is 16.0. The molecule has 1 N–H and O–H groups in total. The number of carbonyl (C=O) groups excluding carboxylic acids is 2. The summed E-state index contributed by atoms with van der Waals surface area (Å²) in [7, 11) is 0. The van der Waals surface area contributed by atoms with Gasteiger partial charge < -0.3 is 10.2 Å². The summed E-state index contributed by atoms with van der Waals surface area (Å²) in [6.45, 7) is 4.97. The average molecular weight is 442 g/mol. The molecule has 170 valence electrons. The maximum Gasteiger partial charge on any atom is 0.272 e. The van der Waals surface area contributed by atoms with Crippen LogP contribution in [-0.2, 0) is 11.2 Å². The maximum absolute atomic E-state index is 13.5. The summed E-state index contributed by atoms with van der Waals surface area (Å²) in [5.41, 5.74) is 3.17. The summed E-state index contributed by atoms with van der Waals surface area (Å²) in [6, 6.07) is 24.1. The van der Waals surface area contributed by atoms with Gasteiger partial charge in [-0.3, -0.25) is 14.6 Å². The molecule has 0 bridgehead atoms. The minimum absolute atomic E-state index is 0.0168. The lowest BCUT2D eigenvalue weighted by Gasteiger charge is -2.42. The number of piperidine rings is 1. The van der Waals surface area contributed by atoms with E-state index in [0.29, 0.717) is 25.2 Å². The minimum Gasteiger partial charge on any atom is -0.353 e. The monoisotopic (exact) mass is 441 g/mol. The fourth-order valence-electron chi connectivity index (χ4n) is 4.62. The summed E-state index contributed by atoms with van der Waals surface area (Å²) < 4.78 is 0. The van der Waals surface area contributed by atoms with Crippen LogP contribution in [0.3, 0.4) is 0 Å². The van der Waals surface area contributed by atoms with E-state index in [0.717, 1.165) is 24.0 Å². The SMILES string of the molecule is CC(C)NC(=O)[C@]1(Cc2ccc(-c3ccccc3)cc2)CCCN(C(=O)c2ccccn2)C1. The Hall–Kier alpha value is -3.47. The molecule has 1 aromatic heterocycles. The van der Waals surface area contributed by atoms with Crippen LogP contribution in [0.1, 0.15) is 42.7 Å². The highest BCUT2D eigenvalue weighted by atomic mass is 16.2. The van der Waals surface area contributed by atoms with E-state index in [-0.39, 0.29) is 17.9 Å². The number of benzene rings is 2. The summed E-state index contributed by atoms with van der Waals surface area (Å²) in [5, 5.41) is 3.12. The molecule has 3 aromatic rings. The molecular weight excluding hydrogens is 410 g/mol. The van der Waals surface area contributed by atoms with E-state index in [1.807, 2.05) is 38.1 Å². The van der Waals surface area contributed by atoms with Gasteiger partial charge in [0, 0.05) is 25.3 Å². The molecule has 0 spiro atoms. The predicted octanol–water partition coefficient (Wildman–Crippen LogP) is 4.74. The number of nitrogens with one attached hydrogen (secondary N) is 1. The number of pyridine rings is 1. The molecule has 1 atom stereocenters. The Morgan fingerprint density at radius 1 is 0.970 bits per heavy atom. The van der Waals surface area contributed by atoms with Gasteiger partial charge >= 0.3 is 0 Å². The number of nitrogens with zero attached hydrogens (tertiary/aromatic N) is 2. The second-order valence-electron chi connectivity index (χ2n) is 9.19. The lowest BCUT2D eigenvalue weighted by Crippen LogP contribution is -2.55. The third kappa shape index (κ3) is 5.30. The molecule has 0 saturated carbocycles. The first-order valence-corrected chi connectivity index (χ1v) is 11.6. The minimum atomic E-state index is -0.665. The van der Waals surface area contributed by atoms with Gasteiger partial charge in [0.15, 0.2) is 0 Å². The van der Waals surface area contributed by atoms with Crippen LogP contribution in [-0.4, -0.2) is 40.8 Å². The zero-order valence-corrected chi connectivity index (χ0v) is 19.3. The maximum atomic E-state index is 13.5. The molecule has 1 fully saturated rings. The fourth-order valence-corrected chi connectivity index (χ4v) is 4.62. The second kappa shape index (κ2) is 9.99. The van der Waals surface area contributed by atoms with Gasteiger partial charge in [-0.05, 0) is 61.9 Å².